The van der Waals surface area contributed by atoms with E-state index in [1.54, 1.807) is 0 Å². The van der Waals surface area contributed by atoms with E-state index in [1.165, 1.54) is 10.9 Å². The second kappa shape index (κ2) is 7.22. The highest BCUT2D eigenvalue weighted by Crippen LogP contribution is 2.31. The number of rotatable bonds is 3. The number of hydrogen-bond donors (Lipinski definition) is 0. The average Bonchev–Trinajstić information content (AvgIpc) is 3.28. The molecule has 6 aromatic rings. The van der Waals surface area contributed by atoms with E-state index in [2.05, 4.69) is 95.7 Å². The topological polar surface area (TPSA) is 30.7 Å². The van der Waals surface area contributed by atoms with Crippen LogP contribution in [0, 0.1) is 0 Å². The fourth-order valence-corrected chi connectivity index (χ4v) is 4.11. The molecule has 0 atom stereocenters. The number of para-hydroxylation sites is 1. The first-order valence-electron chi connectivity index (χ1n) is 10.4. The van der Waals surface area contributed by atoms with Crippen molar-refractivity contribution in [2.75, 3.05) is 0 Å². The summed E-state index contributed by atoms with van der Waals surface area (Å²) in [5, 5.41) is 2.27. The minimum absolute atomic E-state index is 0.742. The molecule has 0 fully saturated rings. The Morgan fingerprint density at radius 2 is 1.29 bits per heavy atom. The summed E-state index contributed by atoms with van der Waals surface area (Å²) in [4.78, 5) is 9.90. The number of hydrogen-bond acceptors (Lipinski definition) is 2. The van der Waals surface area contributed by atoms with Crippen LogP contribution in [0.1, 0.15) is 0 Å². The standard InChI is InChI=1S/C28H19N3/c1-3-10-21(11-4-1)27-24-19-23(31-18-17-20-9-7-8-14-26(20)31)15-16-25(24)29-28(30-27)22-12-5-2-6-13-22/h1-19H. The van der Waals surface area contributed by atoms with Gasteiger partial charge in [-0.05, 0) is 35.7 Å². The van der Waals surface area contributed by atoms with Crippen molar-refractivity contribution in [3.8, 4) is 28.3 Å². The van der Waals surface area contributed by atoms with Gasteiger partial charge in [0, 0.05) is 28.4 Å². The molecule has 146 valence electrons. The fourth-order valence-electron chi connectivity index (χ4n) is 4.11. The highest BCUT2D eigenvalue weighted by molar-refractivity contribution is 5.95. The van der Waals surface area contributed by atoms with Crippen LogP contribution in [0.2, 0.25) is 0 Å². The van der Waals surface area contributed by atoms with E-state index >= 15 is 0 Å². The molecule has 0 saturated carbocycles. The summed E-state index contributed by atoms with van der Waals surface area (Å²) in [6.07, 6.45) is 2.12. The largest absolute Gasteiger partial charge is 0.317 e. The van der Waals surface area contributed by atoms with Crippen LogP contribution in [0.3, 0.4) is 0 Å². The lowest BCUT2D eigenvalue weighted by Gasteiger charge is -2.12. The quantitative estimate of drug-likeness (QED) is 0.325. The Balaban J connectivity index is 1.61. The highest BCUT2D eigenvalue weighted by atomic mass is 15.0. The SMILES string of the molecule is c1ccc(-c2nc(-c3ccccc3)c3cc(-n4ccc5ccccc54)ccc3n2)cc1. The van der Waals surface area contributed by atoms with Crippen LogP contribution < -0.4 is 0 Å². The number of nitrogens with zero attached hydrogens (tertiary/aromatic N) is 3. The molecule has 4 aromatic carbocycles. The molecule has 0 saturated heterocycles. The van der Waals surface area contributed by atoms with E-state index in [4.69, 9.17) is 9.97 Å². The van der Waals surface area contributed by atoms with Gasteiger partial charge in [0.15, 0.2) is 5.82 Å². The van der Waals surface area contributed by atoms with Gasteiger partial charge in [0.1, 0.15) is 0 Å². The smallest absolute Gasteiger partial charge is 0.160 e. The van der Waals surface area contributed by atoms with Crippen LogP contribution in [0.5, 0.6) is 0 Å². The van der Waals surface area contributed by atoms with Gasteiger partial charge in [-0.2, -0.15) is 0 Å². The minimum atomic E-state index is 0.742. The lowest BCUT2D eigenvalue weighted by Crippen LogP contribution is -1.97. The van der Waals surface area contributed by atoms with Crippen LogP contribution in [0.25, 0.3) is 50.1 Å². The van der Waals surface area contributed by atoms with E-state index in [0.29, 0.717) is 0 Å². The van der Waals surface area contributed by atoms with Gasteiger partial charge in [-0.25, -0.2) is 9.97 Å². The van der Waals surface area contributed by atoms with Crippen molar-refractivity contribution < 1.29 is 0 Å². The summed E-state index contributed by atoms with van der Waals surface area (Å²) in [5.41, 5.74) is 6.27. The second-order valence-electron chi connectivity index (χ2n) is 7.57. The first kappa shape index (κ1) is 17.6. The van der Waals surface area contributed by atoms with Gasteiger partial charge in [-0.1, -0.05) is 78.9 Å². The molecular formula is C28H19N3. The van der Waals surface area contributed by atoms with Crippen molar-refractivity contribution in [3.63, 3.8) is 0 Å². The fraction of sp³-hybridized carbons (Fsp3) is 0. The normalized spacial score (nSPS) is 11.2. The first-order valence-corrected chi connectivity index (χ1v) is 10.4. The van der Waals surface area contributed by atoms with Crippen molar-refractivity contribution >= 4 is 21.8 Å². The predicted molar refractivity (Wildman–Crippen MR) is 127 cm³/mol. The van der Waals surface area contributed by atoms with Crippen molar-refractivity contribution in [2.24, 2.45) is 0 Å². The summed E-state index contributed by atoms with van der Waals surface area (Å²) in [7, 11) is 0. The molecule has 3 heteroatoms. The minimum Gasteiger partial charge on any atom is -0.317 e. The Hall–Kier alpha value is -4.24. The summed E-state index contributed by atoms with van der Waals surface area (Å²) in [5.74, 6) is 0.742. The van der Waals surface area contributed by atoms with Gasteiger partial charge in [-0.15, -0.1) is 0 Å². The van der Waals surface area contributed by atoms with Gasteiger partial charge in [0.25, 0.3) is 0 Å². The Kier molecular flexibility index (Phi) is 4.10. The highest BCUT2D eigenvalue weighted by Gasteiger charge is 2.13. The molecule has 0 N–H and O–H groups in total. The molecule has 2 aromatic heterocycles. The zero-order valence-electron chi connectivity index (χ0n) is 16.8. The molecule has 31 heavy (non-hydrogen) atoms. The van der Waals surface area contributed by atoms with Gasteiger partial charge >= 0.3 is 0 Å². The van der Waals surface area contributed by atoms with E-state index in [0.717, 1.165) is 39.2 Å². The number of aromatic nitrogens is 3. The zero-order chi connectivity index (χ0) is 20.6. The predicted octanol–water partition coefficient (Wildman–Crippen LogP) is 6.91. The molecule has 2 heterocycles. The van der Waals surface area contributed by atoms with Gasteiger partial charge in [0.05, 0.1) is 16.7 Å². The van der Waals surface area contributed by atoms with E-state index in [-0.39, 0.29) is 0 Å². The molecule has 0 radical (unpaired) electrons. The second-order valence-corrected chi connectivity index (χ2v) is 7.57. The van der Waals surface area contributed by atoms with Gasteiger partial charge in [0.2, 0.25) is 0 Å². The summed E-state index contributed by atoms with van der Waals surface area (Å²) in [6.45, 7) is 0. The molecule has 0 bridgehead atoms. The third-order valence-electron chi connectivity index (χ3n) is 5.64. The Morgan fingerprint density at radius 1 is 0.581 bits per heavy atom. The van der Waals surface area contributed by atoms with Gasteiger partial charge in [-0.3, -0.25) is 0 Å². The van der Waals surface area contributed by atoms with Crippen LogP contribution in [-0.4, -0.2) is 14.5 Å². The van der Waals surface area contributed by atoms with Crippen molar-refractivity contribution in [1.82, 2.24) is 14.5 Å². The third-order valence-corrected chi connectivity index (χ3v) is 5.64. The van der Waals surface area contributed by atoms with Crippen molar-refractivity contribution in [3.05, 3.63) is 115 Å². The third kappa shape index (κ3) is 3.08. The van der Waals surface area contributed by atoms with E-state index < -0.39 is 0 Å². The molecule has 0 aliphatic carbocycles. The summed E-state index contributed by atoms with van der Waals surface area (Å²) in [6, 6.07) is 37.5. The lowest BCUT2D eigenvalue weighted by atomic mass is 10.0. The summed E-state index contributed by atoms with van der Waals surface area (Å²) >= 11 is 0. The van der Waals surface area contributed by atoms with Crippen LogP contribution in [0.15, 0.2) is 115 Å². The van der Waals surface area contributed by atoms with Gasteiger partial charge < -0.3 is 4.57 Å². The number of fused-ring (bicyclic) bond motifs is 2. The molecule has 6 rings (SSSR count). The Morgan fingerprint density at radius 3 is 2.10 bits per heavy atom. The molecule has 0 spiro atoms. The van der Waals surface area contributed by atoms with E-state index in [1.807, 2.05) is 24.3 Å². The monoisotopic (exact) mass is 397 g/mol. The first-order chi connectivity index (χ1) is 15.4. The summed E-state index contributed by atoms with van der Waals surface area (Å²) < 4.78 is 2.22. The van der Waals surface area contributed by atoms with Crippen LogP contribution >= 0.6 is 0 Å². The average molecular weight is 397 g/mol. The molecular weight excluding hydrogens is 378 g/mol. The maximum absolute atomic E-state index is 5.01. The molecule has 0 amide bonds. The maximum Gasteiger partial charge on any atom is 0.160 e. The molecule has 0 aliphatic rings. The lowest BCUT2D eigenvalue weighted by molar-refractivity contribution is 1.13. The van der Waals surface area contributed by atoms with Crippen molar-refractivity contribution in [1.29, 1.82) is 0 Å². The Bertz CT molecular complexity index is 1520. The Labute approximate surface area is 180 Å². The van der Waals surface area contributed by atoms with Crippen LogP contribution in [-0.2, 0) is 0 Å². The molecule has 3 nitrogen and oxygen atoms in total. The van der Waals surface area contributed by atoms with E-state index in [9.17, 15) is 0 Å². The van der Waals surface area contributed by atoms with Crippen molar-refractivity contribution in [2.45, 2.75) is 0 Å². The molecule has 0 unspecified atom stereocenters. The number of benzene rings is 4. The van der Waals surface area contributed by atoms with Crippen LogP contribution in [0.4, 0.5) is 0 Å². The molecule has 0 aliphatic heterocycles. The maximum atomic E-state index is 5.01. The zero-order valence-corrected chi connectivity index (χ0v) is 16.8.